The van der Waals surface area contributed by atoms with Crippen LogP contribution in [0.4, 0.5) is 0 Å². The first-order valence-electron chi connectivity index (χ1n) is 8.31. The van der Waals surface area contributed by atoms with Crippen molar-refractivity contribution in [3.8, 4) is 23.0 Å². The van der Waals surface area contributed by atoms with Crippen molar-refractivity contribution in [1.82, 2.24) is 0 Å². The average Bonchev–Trinajstić information content (AvgIpc) is 2.70. The maximum atomic E-state index is 10.6. The van der Waals surface area contributed by atoms with Gasteiger partial charge in [0.05, 0.1) is 20.8 Å². The lowest BCUT2D eigenvalue weighted by atomic mass is 10.0. The molecule has 8 heteroatoms. The second-order valence-corrected chi connectivity index (χ2v) is 5.80. The Kier molecular flexibility index (Phi) is 7.25. The van der Waals surface area contributed by atoms with E-state index in [0.29, 0.717) is 16.9 Å². The lowest BCUT2D eigenvalue weighted by Gasteiger charge is -2.24. The van der Waals surface area contributed by atoms with Crippen LogP contribution in [-0.2, 0) is 4.79 Å². The highest BCUT2D eigenvalue weighted by Crippen LogP contribution is 2.34. The first-order valence-corrected chi connectivity index (χ1v) is 8.31. The standard InChI is InChI=1S/C20H22O8/c1-26-16-10-13(5-6-14(16)22)20(25)18(11-21)28-15-7-3-12(4-8-19(23)24)9-17(15)27-2/h3-10,18,20-22,25H,11H2,1-2H3,(H,23,24)/b8-4-. The van der Waals surface area contributed by atoms with Gasteiger partial charge in [0, 0.05) is 6.08 Å². The number of carbonyl (C=O) groups is 1. The molecule has 4 N–H and O–H groups in total. The van der Waals surface area contributed by atoms with Crippen molar-refractivity contribution in [3.63, 3.8) is 0 Å². The monoisotopic (exact) mass is 390 g/mol. The second-order valence-electron chi connectivity index (χ2n) is 5.80. The summed E-state index contributed by atoms with van der Waals surface area (Å²) in [7, 11) is 2.80. The number of carboxylic acids is 1. The van der Waals surface area contributed by atoms with Gasteiger partial charge in [-0.15, -0.1) is 0 Å². The Morgan fingerprint density at radius 1 is 1.07 bits per heavy atom. The predicted molar refractivity (Wildman–Crippen MR) is 101 cm³/mol. The van der Waals surface area contributed by atoms with Gasteiger partial charge in [-0.3, -0.25) is 0 Å². The van der Waals surface area contributed by atoms with Gasteiger partial charge in [-0.05, 0) is 41.5 Å². The van der Waals surface area contributed by atoms with Crippen molar-refractivity contribution < 1.29 is 39.4 Å². The summed E-state index contributed by atoms with van der Waals surface area (Å²) in [6.07, 6.45) is 0.156. The van der Waals surface area contributed by atoms with Crippen LogP contribution in [0.1, 0.15) is 17.2 Å². The van der Waals surface area contributed by atoms with Gasteiger partial charge >= 0.3 is 5.97 Å². The number of methoxy groups -OCH3 is 2. The van der Waals surface area contributed by atoms with Crippen LogP contribution >= 0.6 is 0 Å². The molecule has 0 bridgehead atoms. The smallest absolute Gasteiger partial charge is 0.328 e. The van der Waals surface area contributed by atoms with Crippen molar-refractivity contribution in [2.75, 3.05) is 20.8 Å². The summed E-state index contributed by atoms with van der Waals surface area (Å²) in [6.45, 7) is -0.492. The number of rotatable bonds is 9. The molecule has 8 nitrogen and oxygen atoms in total. The average molecular weight is 390 g/mol. The van der Waals surface area contributed by atoms with Crippen LogP contribution in [0.25, 0.3) is 6.08 Å². The van der Waals surface area contributed by atoms with Crippen molar-refractivity contribution in [1.29, 1.82) is 0 Å². The SMILES string of the molecule is COc1cc(C(O)C(CO)Oc2ccc(/C=C\C(=O)O)cc2OC)ccc1O. The summed E-state index contributed by atoms with van der Waals surface area (Å²) in [4.78, 5) is 10.6. The molecule has 0 saturated carbocycles. The van der Waals surface area contributed by atoms with E-state index in [1.54, 1.807) is 18.2 Å². The van der Waals surface area contributed by atoms with E-state index < -0.39 is 24.8 Å². The van der Waals surface area contributed by atoms with Crippen molar-refractivity contribution in [2.24, 2.45) is 0 Å². The topological polar surface area (TPSA) is 126 Å². The van der Waals surface area contributed by atoms with E-state index in [4.69, 9.17) is 19.3 Å². The van der Waals surface area contributed by atoms with Crippen LogP contribution in [0.3, 0.4) is 0 Å². The van der Waals surface area contributed by atoms with Crippen LogP contribution < -0.4 is 14.2 Å². The Bertz CT molecular complexity index is 846. The molecule has 2 unspecified atom stereocenters. The van der Waals surface area contributed by atoms with E-state index in [-0.39, 0.29) is 17.2 Å². The number of hydrogen-bond acceptors (Lipinski definition) is 7. The van der Waals surface area contributed by atoms with Crippen molar-refractivity contribution in [3.05, 3.63) is 53.6 Å². The number of carboxylic acid groups (broad SMARTS) is 1. The quantitative estimate of drug-likeness (QED) is 0.479. The number of phenols is 1. The van der Waals surface area contributed by atoms with E-state index in [0.717, 1.165) is 6.08 Å². The van der Waals surface area contributed by atoms with Gasteiger partial charge in [-0.2, -0.15) is 0 Å². The number of aliphatic carboxylic acids is 1. The Hall–Kier alpha value is -3.23. The third-order valence-corrected chi connectivity index (χ3v) is 3.96. The number of benzene rings is 2. The number of phenolic OH excluding ortho intramolecular Hbond substituents is 1. The molecule has 2 rings (SSSR count). The molecule has 2 atom stereocenters. The van der Waals surface area contributed by atoms with Gasteiger partial charge in [0.2, 0.25) is 0 Å². The second kappa shape index (κ2) is 9.63. The summed E-state index contributed by atoms with van der Waals surface area (Å²) in [5, 5.41) is 38.6. The molecular weight excluding hydrogens is 368 g/mol. The number of aromatic hydroxyl groups is 1. The number of aliphatic hydroxyl groups is 2. The number of aliphatic hydroxyl groups excluding tert-OH is 2. The Morgan fingerprint density at radius 2 is 1.79 bits per heavy atom. The minimum atomic E-state index is -1.21. The molecule has 0 aliphatic heterocycles. The summed E-state index contributed by atoms with van der Waals surface area (Å²) in [5.74, 6) is -0.403. The molecule has 150 valence electrons. The van der Waals surface area contributed by atoms with Gasteiger partial charge in [0.1, 0.15) is 6.10 Å². The third kappa shape index (κ3) is 5.15. The number of hydrogen-bond donors (Lipinski definition) is 4. The van der Waals surface area contributed by atoms with E-state index >= 15 is 0 Å². The lowest BCUT2D eigenvalue weighted by Crippen LogP contribution is -2.29. The van der Waals surface area contributed by atoms with Gasteiger partial charge < -0.3 is 34.6 Å². The molecule has 2 aromatic carbocycles. The van der Waals surface area contributed by atoms with Gasteiger partial charge in [0.25, 0.3) is 0 Å². The maximum Gasteiger partial charge on any atom is 0.328 e. The molecule has 0 amide bonds. The van der Waals surface area contributed by atoms with E-state index in [1.807, 2.05) is 0 Å². The van der Waals surface area contributed by atoms with Gasteiger partial charge in [-0.1, -0.05) is 12.1 Å². The minimum absolute atomic E-state index is 0.0772. The van der Waals surface area contributed by atoms with Crippen LogP contribution in [0.5, 0.6) is 23.0 Å². The highest BCUT2D eigenvalue weighted by molar-refractivity contribution is 5.85. The zero-order chi connectivity index (χ0) is 20.7. The maximum absolute atomic E-state index is 10.6. The van der Waals surface area contributed by atoms with Crippen LogP contribution in [0.2, 0.25) is 0 Å². The largest absolute Gasteiger partial charge is 0.504 e. The first kappa shape index (κ1) is 21.1. The van der Waals surface area contributed by atoms with E-state index in [2.05, 4.69) is 0 Å². The Balaban J connectivity index is 2.25. The molecule has 0 spiro atoms. The molecule has 0 aliphatic rings. The normalized spacial score (nSPS) is 13.1. The van der Waals surface area contributed by atoms with Crippen LogP contribution in [0.15, 0.2) is 42.5 Å². The molecule has 0 fully saturated rings. The summed E-state index contributed by atoms with van der Waals surface area (Å²) < 4.78 is 16.0. The zero-order valence-corrected chi connectivity index (χ0v) is 15.4. The Morgan fingerprint density at radius 3 is 2.39 bits per heavy atom. The fourth-order valence-electron chi connectivity index (χ4n) is 2.51. The minimum Gasteiger partial charge on any atom is -0.504 e. The fourth-order valence-corrected chi connectivity index (χ4v) is 2.51. The van der Waals surface area contributed by atoms with Gasteiger partial charge in [-0.25, -0.2) is 4.79 Å². The van der Waals surface area contributed by atoms with E-state index in [1.165, 1.54) is 38.5 Å². The van der Waals surface area contributed by atoms with E-state index in [9.17, 15) is 20.1 Å². The molecule has 28 heavy (non-hydrogen) atoms. The van der Waals surface area contributed by atoms with Crippen LogP contribution in [-0.4, -0.2) is 53.3 Å². The van der Waals surface area contributed by atoms with Crippen molar-refractivity contribution in [2.45, 2.75) is 12.2 Å². The Labute approximate surface area is 161 Å². The molecule has 0 aliphatic carbocycles. The highest BCUT2D eigenvalue weighted by Gasteiger charge is 2.24. The summed E-state index contributed by atoms with van der Waals surface area (Å²) in [6, 6.07) is 9.04. The molecule has 2 aromatic rings. The first-order chi connectivity index (χ1) is 13.4. The zero-order valence-electron chi connectivity index (χ0n) is 15.4. The van der Waals surface area contributed by atoms with Crippen LogP contribution in [0, 0.1) is 0 Å². The lowest BCUT2D eigenvalue weighted by molar-refractivity contribution is -0.131. The molecule has 0 aromatic heterocycles. The molecule has 0 saturated heterocycles. The molecular formula is C20H22O8. The number of ether oxygens (including phenoxy) is 3. The third-order valence-electron chi connectivity index (χ3n) is 3.96. The molecule has 0 heterocycles. The summed E-state index contributed by atoms with van der Waals surface area (Å²) in [5.41, 5.74) is 0.963. The van der Waals surface area contributed by atoms with Crippen molar-refractivity contribution >= 4 is 12.0 Å². The highest BCUT2D eigenvalue weighted by atomic mass is 16.5. The predicted octanol–water partition coefficient (Wildman–Crippen LogP) is 1.98. The fraction of sp³-hybridized carbons (Fsp3) is 0.250. The summed E-state index contributed by atoms with van der Waals surface area (Å²) >= 11 is 0. The molecule has 0 radical (unpaired) electrons. The van der Waals surface area contributed by atoms with Gasteiger partial charge in [0.15, 0.2) is 29.1 Å².